The predicted octanol–water partition coefficient (Wildman–Crippen LogP) is 2.26. The van der Waals surface area contributed by atoms with Crippen molar-refractivity contribution in [2.75, 3.05) is 0 Å². The Kier molecular flexibility index (Phi) is 4.58. The molecule has 0 aliphatic heterocycles. The van der Waals surface area contributed by atoms with Crippen LogP contribution in [0.4, 0.5) is 0 Å². The monoisotopic (exact) mass is 261 g/mol. The number of halogens is 2. The molecule has 1 rings (SSSR count). The number of carboxylic acids is 1. The number of carbonyl (C=O) groups is 2. The molecule has 0 fully saturated rings. The molecule has 0 aliphatic carbocycles. The molecule has 0 heterocycles. The summed E-state index contributed by atoms with van der Waals surface area (Å²) >= 11 is 11.6. The number of carboxylic acid groups (broad SMARTS) is 1. The third-order valence-corrected chi connectivity index (χ3v) is 2.55. The van der Waals surface area contributed by atoms with Gasteiger partial charge in [0.15, 0.2) is 0 Å². The van der Waals surface area contributed by atoms with E-state index in [2.05, 4.69) is 5.32 Å². The van der Waals surface area contributed by atoms with E-state index in [9.17, 15) is 9.59 Å². The summed E-state index contributed by atoms with van der Waals surface area (Å²) in [4.78, 5) is 21.0. The van der Waals surface area contributed by atoms with Gasteiger partial charge >= 0.3 is 5.97 Å². The molecule has 0 radical (unpaired) electrons. The molecule has 0 spiro atoms. The van der Waals surface area contributed by atoms with Gasteiger partial charge < -0.3 is 10.4 Å². The number of carbonyl (C=O) groups excluding carboxylic acids is 1. The van der Waals surface area contributed by atoms with Gasteiger partial charge in [-0.3, -0.25) is 9.59 Å². The third kappa shape index (κ3) is 3.40. The summed E-state index contributed by atoms with van der Waals surface area (Å²) in [6.07, 6.45) is 0.207. The molecule has 1 unspecified atom stereocenters. The van der Waals surface area contributed by atoms with Crippen molar-refractivity contribution in [1.82, 2.24) is 5.32 Å². The molecule has 2 N–H and O–H groups in total. The average molecular weight is 262 g/mol. The second kappa shape index (κ2) is 5.72. The smallest absolute Gasteiger partial charge is 0.305 e. The minimum Gasteiger partial charge on any atom is -0.481 e. The van der Waals surface area contributed by atoms with Gasteiger partial charge in [0.2, 0.25) is 6.41 Å². The van der Waals surface area contributed by atoms with Crippen molar-refractivity contribution >= 4 is 35.6 Å². The van der Waals surface area contributed by atoms with E-state index >= 15 is 0 Å². The maximum absolute atomic E-state index is 10.6. The molecule has 1 aromatic carbocycles. The van der Waals surface area contributed by atoms with E-state index in [4.69, 9.17) is 28.3 Å². The number of nitrogens with one attached hydrogen (secondary N) is 1. The van der Waals surface area contributed by atoms with Crippen molar-refractivity contribution in [2.24, 2.45) is 0 Å². The number of amides is 1. The van der Waals surface area contributed by atoms with Gasteiger partial charge in [-0.1, -0.05) is 29.3 Å². The molecule has 0 aliphatic rings. The molecule has 0 aromatic heterocycles. The SMILES string of the molecule is O=CNC(CC(=O)O)c1ccc(Cl)cc1Cl. The van der Waals surface area contributed by atoms with Gasteiger partial charge in [0.1, 0.15) is 0 Å². The highest BCUT2D eigenvalue weighted by Gasteiger charge is 2.17. The third-order valence-electron chi connectivity index (χ3n) is 1.99. The van der Waals surface area contributed by atoms with E-state index in [1.54, 1.807) is 12.1 Å². The van der Waals surface area contributed by atoms with E-state index in [1.165, 1.54) is 6.07 Å². The second-order valence-electron chi connectivity index (χ2n) is 3.10. The molecule has 0 saturated heterocycles. The summed E-state index contributed by atoms with van der Waals surface area (Å²) in [5.74, 6) is -1.02. The maximum atomic E-state index is 10.6. The summed E-state index contributed by atoms with van der Waals surface area (Å²) in [7, 11) is 0. The lowest BCUT2D eigenvalue weighted by Crippen LogP contribution is -2.22. The van der Waals surface area contributed by atoms with E-state index in [0.717, 1.165) is 0 Å². The first-order valence-electron chi connectivity index (χ1n) is 4.41. The zero-order valence-corrected chi connectivity index (χ0v) is 9.63. The van der Waals surface area contributed by atoms with Gasteiger partial charge in [-0.05, 0) is 17.7 Å². The molecular formula is C10H9Cl2NO3. The molecular weight excluding hydrogens is 253 g/mol. The highest BCUT2D eigenvalue weighted by atomic mass is 35.5. The van der Waals surface area contributed by atoms with Crippen LogP contribution in [0, 0.1) is 0 Å². The van der Waals surface area contributed by atoms with Gasteiger partial charge in [-0.25, -0.2) is 0 Å². The summed E-state index contributed by atoms with van der Waals surface area (Å²) < 4.78 is 0. The van der Waals surface area contributed by atoms with Crippen molar-refractivity contribution in [3.63, 3.8) is 0 Å². The Morgan fingerprint density at radius 1 is 1.50 bits per heavy atom. The minimum atomic E-state index is -1.02. The van der Waals surface area contributed by atoms with Crippen LogP contribution in [0.2, 0.25) is 10.0 Å². The summed E-state index contributed by atoms with van der Waals surface area (Å²) in [6, 6.07) is 4.03. The van der Waals surface area contributed by atoms with E-state index in [-0.39, 0.29) is 6.42 Å². The Morgan fingerprint density at radius 3 is 2.69 bits per heavy atom. The maximum Gasteiger partial charge on any atom is 0.305 e. The first kappa shape index (κ1) is 12.8. The Balaban J connectivity index is 3.00. The van der Waals surface area contributed by atoms with E-state index < -0.39 is 12.0 Å². The lowest BCUT2D eigenvalue weighted by atomic mass is 10.0. The molecule has 1 aromatic rings. The molecule has 4 nitrogen and oxygen atoms in total. The molecule has 1 atom stereocenters. The average Bonchev–Trinajstić information content (AvgIpc) is 2.16. The molecule has 1 amide bonds. The fourth-order valence-electron chi connectivity index (χ4n) is 1.30. The lowest BCUT2D eigenvalue weighted by Gasteiger charge is -2.15. The predicted molar refractivity (Wildman–Crippen MR) is 60.7 cm³/mol. The van der Waals surface area contributed by atoms with Crippen LogP contribution in [0.15, 0.2) is 18.2 Å². The molecule has 0 saturated carbocycles. The zero-order valence-electron chi connectivity index (χ0n) is 8.11. The van der Waals surface area contributed by atoms with Crippen LogP contribution in [-0.2, 0) is 9.59 Å². The van der Waals surface area contributed by atoms with Gasteiger partial charge in [0.05, 0.1) is 12.5 Å². The van der Waals surface area contributed by atoms with Crippen molar-refractivity contribution in [2.45, 2.75) is 12.5 Å². The van der Waals surface area contributed by atoms with Crippen LogP contribution >= 0.6 is 23.2 Å². The summed E-state index contributed by atoms with van der Waals surface area (Å²) in [5.41, 5.74) is 0.528. The van der Waals surface area contributed by atoms with Crippen LogP contribution < -0.4 is 5.32 Å². The van der Waals surface area contributed by atoms with E-state index in [0.29, 0.717) is 22.0 Å². The number of hydrogen-bond acceptors (Lipinski definition) is 2. The zero-order chi connectivity index (χ0) is 12.1. The molecule has 16 heavy (non-hydrogen) atoms. The van der Waals surface area contributed by atoms with Crippen molar-refractivity contribution in [3.8, 4) is 0 Å². The Bertz CT molecular complexity index is 409. The van der Waals surface area contributed by atoms with Crippen molar-refractivity contribution < 1.29 is 14.7 Å². The fourth-order valence-corrected chi connectivity index (χ4v) is 1.84. The Labute approximate surface area is 102 Å². The topological polar surface area (TPSA) is 66.4 Å². The first-order chi connectivity index (χ1) is 7.54. The van der Waals surface area contributed by atoms with Crippen LogP contribution in [0.25, 0.3) is 0 Å². The highest BCUT2D eigenvalue weighted by Crippen LogP contribution is 2.27. The van der Waals surface area contributed by atoms with Crippen LogP contribution in [0.5, 0.6) is 0 Å². The van der Waals surface area contributed by atoms with Gasteiger partial charge in [-0.2, -0.15) is 0 Å². The van der Waals surface area contributed by atoms with Gasteiger partial charge in [0, 0.05) is 10.0 Å². The Morgan fingerprint density at radius 2 is 2.19 bits per heavy atom. The standard InChI is InChI=1S/C10H9Cl2NO3/c11-6-1-2-7(8(12)3-6)9(13-5-14)4-10(15)16/h1-3,5,9H,4H2,(H,13,14)(H,15,16). The quantitative estimate of drug-likeness (QED) is 0.800. The molecule has 6 heteroatoms. The highest BCUT2D eigenvalue weighted by molar-refractivity contribution is 6.35. The molecule has 86 valence electrons. The summed E-state index contributed by atoms with van der Waals surface area (Å²) in [5, 5.41) is 11.9. The van der Waals surface area contributed by atoms with Crippen LogP contribution in [-0.4, -0.2) is 17.5 Å². The van der Waals surface area contributed by atoms with Crippen molar-refractivity contribution in [3.05, 3.63) is 33.8 Å². The summed E-state index contributed by atoms with van der Waals surface area (Å²) in [6.45, 7) is 0. The van der Waals surface area contributed by atoms with Gasteiger partial charge in [-0.15, -0.1) is 0 Å². The van der Waals surface area contributed by atoms with Gasteiger partial charge in [0.25, 0.3) is 0 Å². The lowest BCUT2D eigenvalue weighted by molar-refractivity contribution is -0.137. The van der Waals surface area contributed by atoms with Crippen molar-refractivity contribution in [1.29, 1.82) is 0 Å². The minimum absolute atomic E-state index is 0.236. The van der Waals surface area contributed by atoms with E-state index in [1.807, 2.05) is 0 Å². The second-order valence-corrected chi connectivity index (χ2v) is 3.94. The number of rotatable bonds is 5. The number of hydrogen-bond donors (Lipinski definition) is 2. The number of benzene rings is 1. The first-order valence-corrected chi connectivity index (χ1v) is 5.16. The Hall–Kier alpha value is -1.26. The fraction of sp³-hybridized carbons (Fsp3) is 0.200. The molecule has 0 bridgehead atoms. The van der Waals surface area contributed by atoms with Crippen LogP contribution in [0.3, 0.4) is 0 Å². The normalized spacial score (nSPS) is 11.9. The van der Waals surface area contributed by atoms with Crippen LogP contribution in [0.1, 0.15) is 18.0 Å². The largest absolute Gasteiger partial charge is 0.481 e. The number of aliphatic carboxylic acids is 1.